The molecule has 2 N–H and O–H groups in total. The first kappa shape index (κ1) is 11.0. The molecule has 0 aliphatic heterocycles. The van der Waals surface area contributed by atoms with Gasteiger partial charge in [-0.2, -0.15) is 0 Å². The second-order valence-electron chi connectivity index (χ2n) is 4.17. The Morgan fingerprint density at radius 2 is 2.08 bits per heavy atom. The molecule has 1 fully saturated rings. The van der Waals surface area contributed by atoms with Gasteiger partial charge in [-0.25, -0.2) is 0 Å². The zero-order valence-corrected chi connectivity index (χ0v) is 8.96. The van der Waals surface area contributed by atoms with Gasteiger partial charge in [-0.3, -0.25) is 0 Å². The van der Waals surface area contributed by atoms with Gasteiger partial charge in [0.2, 0.25) is 0 Å². The molecule has 1 rings (SSSR count). The van der Waals surface area contributed by atoms with E-state index < -0.39 is 0 Å². The Kier molecular flexibility index (Phi) is 4.74. The Morgan fingerprint density at radius 1 is 1.38 bits per heavy atom. The first-order valence-corrected chi connectivity index (χ1v) is 5.63. The first-order valence-electron chi connectivity index (χ1n) is 5.63. The first-order chi connectivity index (χ1) is 6.27. The van der Waals surface area contributed by atoms with Crippen LogP contribution in [-0.2, 0) is 4.74 Å². The van der Waals surface area contributed by atoms with Crippen LogP contribution in [0.15, 0.2) is 0 Å². The van der Waals surface area contributed by atoms with Gasteiger partial charge in [0.1, 0.15) is 0 Å². The molecule has 1 saturated carbocycles. The lowest BCUT2D eigenvalue weighted by atomic mass is 9.86. The van der Waals surface area contributed by atoms with Crippen molar-refractivity contribution >= 4 is 0 Å². The summed E-state index contributed by atoms with van der Waals surface area (Å²) in [5, 5.41) is 0. The average molecular weight is 185 g/mol. The molecule has 0 aromatic carbocycles. The number of hydrogen-bond donors (Lipinski definition) is 1. The minimum atomic E-state index is 0.400. The van der Waals surface area contributed by atoms with Crippen molar-refractivity contribution in [2.75, 3.05) is 6.54 Å². The van der Waals surface area contributed by atoms with Crippen LogP contribution in [0.3, 0.4) is 0 Å². The molecule has 0 aromatic heterocycles. The maximum absolute atomic E-state index is 5.96. The van der Waals surface area contributed by atoms with Crippen LogP contribution < -0.4 is 5.73 Å². The fourth-order valence-corrected chi connectivity index (χ4v) is 2.02. The number of nitrogens with two attached hydrogens (primary N) is 1. The summed E-state index contributed by atoms with van der Waals surface area (Å²) in [6, 6.07) is 0. The Labute approximate surface area is 81.8 Å². The van der Waals surface area contributed by atoms with Gasteiger partial charge in [-0.15, -0.1) is 0 Å². The van der Waals surface area contributed by atoms with Gasteiger partial charge in [0.05, 0.1) is 12.2 Å². The number of hydrogen-bond acceptors (Lipinski definition) is 2. The Bertz CT molecular complexity index is 138. The molecular formula is C11H23NO. The highest BCUT2D eigenvalue weighted by Crippen LogP contribution is 2.27. The van der Waals surface area contributed by atoms with E-state index in [1.54, 1.807) is 0 Å². The SMILES string of the molecule is CCC(C)OC1CCCCC1CN. The van der Waals surface area contributed by atoms with Crippen LogP contribution in [-0.4, -0.2) is 18.8 Å². The third-order valence-electron chi connectivity index (χ3n) is 3.12. The third-order valence-corrected chi connectivity index (χ3v) is 3.12. The van der Waals surface area contributed by atoms with Gasteiger partial charge in [0, 0.05) is 0 Å². The van der Waals surface area contributed by atoms with Gasteiger partial charge >= 0.3 is 0 Å². The predicted molar refractivity (Wildman–Crippen MR) is 55.6 cm³/mol. The van der Waals surface area contributed by atoms with Crippen molar-refractivity contribution in [1.82, 2.24) is 0 Å². The molecule has 0 spiro atoms. The van der Waals surface area contributed by atoms with Crippen molar-refractivity contribution in [2.45, 2.75) is 58.2 Å². The van der Waals surface area contributed by atoms with Crippen molar-refractivity contribution in [3.63, 3.8) is 0 Å². The summed E-state index contributed by atoms with van der Waals surface area (Å²) in [4.78, 5) is 0. The van der Waals surface area contributed by atoms with Crippen LogP contribution in [0.1, 0.15) is 46.0 Å². The van der Waals surface area contributed by atoms with Crippen molar-refractivity contribution in [3.8, 4) is 0 Å². The van der Waals surface area contributed by atoms with E-state index in [0.717, 1.165) is 13.0 Å². The molecule has 3 unspecified atom stereocenters. The molecule has 2 nitrogen and oxygen atoms in total. The summed E-state index contributed by atoms with van der Waals surface area (Å²) in [6.45, 7) is 5.12. The largest absolute Gasteiger partial charge is 0.375 e. The van der Waals surface area contributed by atoms with E-state index in [2.05, 4.69) is 13.8 Å². The summed E-state index contributed by atoms with van der Waals surface area (Å²) >= 11 is 0. The second-order valence-corrected chi connectivity index (χ2v) is 4.17. The highest BCUT2D eigenvalue weighted by atomic mass is 16.5. The molecule has 0 saturated heterocycles. The van der Waals surface area contributed by atoms with E-state index in [-0.39, 0.29) is 0 Å². The van der Waals surface area contributed by atoms with Gasteiger partial charge in [0.15, 0.2) is 0 Å². The molecule has 0 heterocycles. The third kappa shape index (κ3) is 3.28. The van der Waals surface area contributed by atoms with Crippen molar-refractivity contribution < 1.29 is 4.74 Å². The molecule has 0 aromatic rings. The summed E-state index contributed by atoms with van der Waals surface area (Å²) < 4.78 is 5.96. The standard InChI is InChI=1S/C11H23NO/c1-3-9(2)13-11-7-5-4-6-10(11)8-12/h9-11H,3-8,12H2,1-2H3. The van der Waals surface area contributed by atoms with E-state index in [1.165, 1.54) is 25.7 Å². The maximum atomic E-state index is 5.96. The Balaban J connectivity index is 2.35. The monoisotopic (exact) mass is 185 g/mol. The molecule has 0 amide bonds. The van der Waals surface area contributed by atoms with E-state index in [9.17, 15) is 0 Å². The number of ether oxygens (including phenoxy) is 1. The lowest BCUT2D eigenvalue weighted by Crippen LogP contribution is -2.35. The minimum Gasteiger partial charge on any atom is -0.375 e. The van der Waals surface area contributed by atoms with Crippen molar-refractivity contribution in [1.29, 1.82) is 0 Å². The molecule has 78 valence electrons. The minimum absolute atomic E-state index is 0.400. The van der Waals surface area contributed by atoms with Crippen molar-refractivity contribution in [2.24, 2.45) is 11.7 Å². The summed E-state index contributed by atoms with van der Waals surface area (Å²) in [5.74, 6) is 0.614. The van der Waals surface area contributed by atoms with Gasteiger partial charge in [0.25, 0.3) is 0 Å². The van der Waals surface area contributed by atoms with E-state index in [4.69, 9.17) is 10.5 Å². The normalized spacial score (nSPS) is 31.6. The highest BCUT2D eigenvalue weighted by molar-refractivity contribution is 4.77. The molecule has 3 atom stereocenters. The van der Waals surface area contributed by atoms with Gasteiger partial charge in [-0.05, 0) is 38.6 Å². The van der Waals surface area contributed by atoms with Gasteiger partial charge in [-0.1, -0.05) is 19.8 Å². The van der Waals surface area contributed by atoms with Crippen LogP contribution >= 0.6 is 0 Å². The summed E-state index contributed by atoms with van der Waals surface area (Å²) in [6.07, 6.45) is 7.07. The fraction of sp³-hybridized carbons (Fsp3) is 1.00. The van der Waals surface area contributed by atoms with Crippen LogP contribution in [0.5, 0.6) is 0 Å². The molecule has 13 heavy (non-hydrogen) atoms. The Hall–Kier alpha value is -0.0800. The molecule has 2 heteroatoms. The number of rotatable bonds is 4. The topological polar surface area (TPSA) is 35.2 Å². The maximum Gasteiger partial charge on any atom is 0.0618 e. The van der Waals surface area contributed by atoms with Crippen LogP contribution in [0, 0.1) is 5.92 Å². The lowest BCUT2D eigenvalue weighted by molar-refractivity contribution is -0.0510. The average Bonchev–Trinajstić information content (AvgIpc) is 2.18. The fourth-order valence-electron chi connectivity index (χ4n) is 2.02. The zero-order chi connectivity index (χ0) is 9.68. The smallest absolute Gasteiger partial charge is 0.0618 e. The van der Waals surface area contributed by atoms with Crippen LogP contribution in [0.4, 0.5) is 0 Å². The van der Waals surface area contributed by atoms with E-state index in [1.807, 2.05) is 0 Å². The van der Waals surface area contributed by atoms with E-state index >= 15 is 0 Å². The van der Waals surface area contributed by atoms with Crippen LogP contribution in [0.25, 0.3) is 0 Å². The van der Waals surface area contributed by atoms with Crippen molar-refractivity contribution in [3.05, 3.63) is 0 Å². The van der Waals surface area contributed by atoms with Gasteiger partial charge < -0.3 is 10.5 Å². The highest BCUT2D eigenvalue weighted by Gasteiger charge is 2.25. The van der Waals surface area contributed by atoms with Crippen LogP contribution in [0.2, 0.25) is 0 Å². The second kappa shape index (κ2) is 5.61. The van der Waals surface area contributed by atoms with E-state index in [0.29, 0.717) is 18.1 Å². The summed E-state index contributed by atoms with van der Waals surface area (Å²) in [7, 11) is 0. The quantitative estimate of drug-likeness (QED) is 0.729. The zero-order valence-electron chi connectivity index (χ0n) is 8.96. The molecule has 0 radical (unpaired) electrons. The predicted octanol–water partition coefficient (Wildman–Crippen LogP) is 2.32. The Morgan fingerprint density at radius 3 is 2.69 bits per heavy atom. The molecular weight excluding hydrogens is 162 g/mol. The summed E-state index contributed by atoms with van der Waals surface area (Å²) in [5.41, 5.74) is 5.73. The molecule has 1 aliphatic carbocycles. The molecule has 1 aliphatic rings. The lowest BCUT2D eigenvalue weighted by Gasteiger charge is -2.32. The molecule has 0 bridgehead atoms.